The molecule has 0 N–H and O–H groups in total. The summed E-state index contributed by atoms with van der Waals surface area (Å²) in [7, 11) is 0. The third-order valence-electron chi connectivity index (χ3n) is 3.96. The van der Waals surface area contributed by atoms with Crippen LogP contribution in [0.15, 0.2) is 42.9 Å². The van der Waals surface area contributed by atoms with Crippen molar-refractivity contribution in [3.05, 3.63) is 59.7 Å². The van der Waals surface area contributed by atoms with Gasteiger partial charge in [-0.05, 0) is 37.1 Å². The number of rotatable bonds is 3. The van der Waals surface area contributed by atoms with E-state index in [-0.39, 0.29) is 6.04 Å². The molecule has 22 heavy (non-hydrogen) atoms. The largest absolute Gasteiger partial charge is 0.416 e. The number of likely N-dealkylation sites (tertiary alicyclic amines) is 1. The van der Waals surface area contributed by atoms with Gasteiger partial charge >= 0.3 is 6.18 Å². The second kappa shape index (κ2) is 6.04. The fourth-order valence-corrected chi connectivity index (χ4v) is 2.87. The average molecular weight is 307 g/mol. The van der Waals surface area contributed by atoms with Crippen LogP contribution in [0.4, 0.5) is 13.2 Å². The van der Waals surface area contributed by atoms with Crippen LogP contribution in [0.2, 0.25) is 0 Å². The van der Waals surface area contributed by atoms with E-state index in [1.165, 1.54) is 0 Å². The molecule has 1 saturated heterocycles. The highest BCUT2D eigenvalue weighted by Crippen LogP contribution is 2.33. The maximum atomic E-state index is 12.6. The van der Waals surface area contributed by atoms with Gasteiger partial charge in [0.1, 0.15) is 0 Å². The molecule has 0 spiro atoms. The number of hydrogen-bond acceptors (Lipinski definition) is 3. The van der Waals surface area contributed by atoms with Gasteiger partial charge in [0.15, 0.2) is 0 Å². The first-order chi connectivity index (χ1) is 10.5. The predicted octanol–water partition coefficient (Wildman–Crippen LogP) is 3.83. The number of nitrogens with zero attached hydrogens (tertiary/aromatic N) is 3. The van der Waals surface area contributed by atoms with Gasteiger partial charge < -0.3 is 0 Å². The minimum Gasteiger partial charge on any atom is -0.290 e. The van der Waals surface area contributed by atoms with Crippen molar-refractivity contribution in [1.29, 1.82) is 0 Å². The van der Waals surface area contributed by atoms with E-state index in [0.717, 1.165) is 42.8 Å². The molecule has 1 aromatic carbocycles. The fourth-order valence-electron chi connectivity index (χ4n) is 2.87. The van der Waals surface area contributed by atoms with Crippen LogP contribution < -0.4 is 0 Å². The van der Waals surface area contributed by atoms with Crippen LogP contribution >= 0.6 is 0 Å². The monoisotopic (exact) mass is 307 g/mol. The Kier molecular flexibility index (Phi) is 4.11. The Hall–Kier alpha value is -1.95. The van der Waals surface area contributed by atoms with Crippen LogP contribution in [0.25, 0.3) is 0 Å². The van der Waals surface area contributed by atoms with Crippen molar-refractivity contribution in [2.24, 2.45) is 0 Å². The molecule has 0 amide bonds. The predicted molar refractivity (Wildman–Crippen MR) is 75.9 cm³/mol. The quantitative estimate of drug-likeness (QED) is 0.863. The van der Waals surface area contributed by atoms with Crippen molar-refractivity contribution in [2.75, 3.05) is 6.54 Å². The van der Waals surface area contributed by atoms with Crippen molar-refractivity contribution in [3.8, 4) is 0 Å². The van der Waals surface area contributed by atoms with Crippen LogP contribution in [0.3, 0.4) is 0 Å². The minimum absolute atomic E-state index is 0.191. The Balaban J connectivity index is 1.72. The number of alkyl halides is 3. The first-order valence-corrected chi connectivity index (χ1v) is 7.20. The van der Waals surface area contributed by atoms with Crippen molar-refractivity contribution in [3.63, 3.8) is 0 Å². The number of hydrogen-bond donors (Lipinski definition) is 0. The molecule has 1 aromatic heterocycles. The van der Waals surface area contributed by atoms with Crippen LogP contribution in [0.5, 0.6) is 0 Å². The van der Waals surface area contributed by atoms with Crippen molar-refractivity contribution >= 4 is 0 Å². The molecule has 1 atom stereocenters. The van der Waals surface area contributed by atoms with E-state index < -0.39 is 11.7 Å². The van der Waals surface area contributed by atoms with Crippen LogP contribution in [0.1, 0.15) is 35.7 Å². The first-order valence-electron chi connectivity index (χ1n) is 7.20. The Morgan fingerprint density at radius 1 is 1.14 bits per heavy atom. The molecule has 116 valence electrons. The Morgan fingerprint density at radius 2 is 1.91 bits per heavy atom. The highest BCUT2D eigenvalue weighted by molar-refractivity contribution is 5.25. The normalized spacial score (nSPS) is 19.5. The molecule has 1 aliphatic rings. The summed E-state index contributed by atoms with van der Waals surface area (Å²) in [6, 6.07) is 5.57. The summed E-state index contributed by atoms with van der Waals surface area (Å²) in [6.07, 6.45) is 2.84. The van der Waals surface area contributed by atoms with Gasteiger partial charge in [0.2, 0.25) is 0 Å². The maximum absolute atomic E-state index is 12.6. The summed E-state index contributed by atoms with van der Waals surface area (Å²) in [4.78, 5) is 10.7. The van der Waals surface area contributed by atoms with Gasteiger partial charge in [-0.3, -0.25) is 14.9 Å². The highest BCUT2D eigenvalue weighted by atomic mass is 19.4. The molecule has 3 nitrogen and oxygen atoms in total. The van der Waals surface area contributed by atoms with E-state index in [0.29, 0.717) is 6.54 Å². The van der Waals surface area contributed by atoms with Gasteiger partial charge in [0.05, 0.1) is 17.3 Å². The Morgan fingerprint density at radius 3 is 2.55 bits per heavy atom. The number of aromatic nitrogens is 2. The smallest absolute Gasteiger partial charge is 0.290 e. The van der Waals surface area contributed by atoms with E-state index in [1.807, 2.05) is 0 Å². The molecule has 6 heteroatoms. The summed E-state index contributed by atoms with van der Waals surface area (Å²) in [6.45, 7) is 1.54. The zero-order chi connectivity index (χ0) is 15.6. The lowest BCUT2D eigenvalue weighted by Gasteiger charge is -2.23. The molecule has 3 rings (SSSR count). The van der Waals surface area contributed by atoms with E-state index >= 15 is 0 Å². The Labute approximate surface area is 126 Å². The second-order valence-corrected chi connectivity index (χ2v) is 5.45. The lowest BCUT2D eigenvalue weighted by molar-refractivity contribution is -0.137. The summed E-state index contributed by atoms with van der Waals surface area (Å²) in [5.74, 6) is 0. The van der Waals surface area contributed by atoms with E-state index in [2.05, 4.69) is 14.9 Å². The van der Waals surface area contributed by atoms with Gasteiger partial charge in [-0.2, -0.15) is 13.2 Å². The second-order valence-electron chi connectivity index (χ2n) is 5.45. The van der Waals surface area contributed by atoms with E-state index in [1.54, 1.807) is 30.7 Å². The average Bonchev–Trinajstić information content (AvgIpc) is 2.96. The summed E-state index contributed by atoms with van der Waals surface area (Å²) in [5, 5.41) is 0. The van der Waals surface area contributed by atoms with Gasteiger partial charge in [-0.1, -0.05) is 12.1 Å². The van der Waals surface area contributed by atoms with Gasteiger partial charge in [0, 0.05) is 25.1 Å². The molecule has 0 saturated carbocycles. The standard InChI is InChI=1S/C16H16F3N3/c17-16(18,19)13-5-3-12(4-6-13)11-22-9-1-2-15(22)14-10-20-7-8-21-14/h3-8,10,15H,1-2,9,11H2/t15-/m1/s1. The van der Waals surface area contributed by atoms with Gasteiger partial charge in [-0.15, -0.1) is 0 Å². The third-order valence-corrected chi connectivity index (χ3v) is 3.96. The first kappa shape index (κ1) is 15.0. The highest BCUT2D eigenvalue weighted by Gasteiger charge is 2.30. The van der Waals surface area contributed by atoms with Crippen molar-refractivity contribution < 1.29 is 13.2 Å². The fraction of sp³-hybridized carbons (Fsp3) is 0.375. The molecule has 0 bridgehead atoms. The molecule has 1 aliphatic heterocycles. The zero-order valence-corrected chi connectivity index (χ0v) is 11.9. The summed E-state index contributed by atoms with van der Waals surface area (Å²) >= 11 is 0. The van der Waals surface area contributed by atoms with Crippen LogP contribution in [0, 0.1) is 0 Å². The van der Waals surface area contributed by atoms with Crippen molar-refractivity contribution in [2.45, 2.75) is 31.6 Å². The molecule has 0 unspecified atom stereocenters. The number of benzene rings is 1. The SMILES string of the molecule is FC(F)(F)c1ccc(CN2CCC[C@@H]2c2cnccn2)cc1. The van der Waals surface area contributed by atoms with Gasteiger partial charge in [0.25, 0.3) is 0 Å². The summed E-state index contributed by atoms with van der Waals surface area (Å²) < 4.78 is 37.7. The molecule has 0 aliphatic carbocycles. The van der Waals surface area contributed by atoms with Crippen molar-refractivity contribution in [1.82, 2.24) is 14.9 Å². The minimum atomic E-state index is -4.28. The Bertz CT molecular complexity index is 611. The molecular weight excluding hydrogens is 291 g/mol. The lowest BCUT2D eigenvalue weighted by Crippen LogP contribution is -2.23. The number of halogens is 3. The van der Waals surface area contributed by atoms with Crippen LogP contribution in [-0.2, 0) is 12.7 Å². The molecule has 1 fully saturated rings. The molecule has 0 radical (unpaired) electrons. The third kappa shape index (κ3) is 3.27. The molecular formula is C16H16F3N3. The van der Waals surface area contributed by atoms with Crippen LogP contribution in [-0.4, -0.2) is 21.4 Å². The maximum Gasteiger partial charge on any atom is 0.416 e. The molecule has 2 heterocycles. The topological polar surface area (TPSA) is 29.0 Å². The molecule has 2 aromatic rings. The summed E-state index contributed by atoms with van der Waals surface area (Å²) in [5.41, 5.74) is 1.19. The van der Waals surface area contributed by atoms with E-state index in [4.69, 9.17) is 0 Å². The zero-order valence-electron chi connectivity index (χ0n) is 11.9. The van der Waals surface area contributed by atoms with Gasteiger partial charge in [-0.25, -0.2) is 0 Å². The lowest BCUT2D eigenvalue weighted by atomic mass is 10.1. The van der Waals surface area contributed by atoms with E-state index in [9.17, 15) is 13.2 Å².